The summed E-state index contributed by atoms with van der Waals surface area (Å²) >= 11 is 0. The zero-order valence-corrected chi connectivity index (χ0v) is 10.6. The molecule has 7 heteroatoms. The third-order valence-corrected chi connectivity index (χ3v) is 3.52. The van der Waals surface area contributed by atoms with E-state index in [4.69, 9.17) is 5.84 Å². The van der Waals surface area contributed by atoms with Crippen LogP contribution in [0.1, 0.15) is 25.7 Å². The highest BCUT2D eigenvalue weighted by Gasteiger charge is 2.31. The molecule has 0 radical (unpaired) electrons. The van der Waals surface area contributed by atoms with E-state index in [1.54, 1.807) is 12.1 Å². The van der Waals surface area contributed by atoms with Crippen LogP contribution in [0.2, 0.25) is 0 Å². The number of nitrogens with one attached hydrogen (secondary N) is 2. The summed E-state index contributed by atoms with van der Waals surface area (Å²) in [5.41, 5.74) is 2.05. The third kappa shape index (κ3) is 2.94. The number of nitrogens with zero attached hydrogens (tertiary/aromatic N) is 1. The molecule has 0 bridgehead atoms. The van der Waals surface area contributed by atoms with E-state index in [0.717, 1.165) is 25.7 Å². The van der Waals surface area contributed by atoms with Gasteiger partial charge in [-0.25, -0.2) is 0 Å². The molecule has 7 nitrogen and oxygen atoms in total. The highest BCUT2D eigenvalue weighted by Crippen LogP contribution is 2.34. The van der Waals surface area contributed by atoms with E-state index in [9.17, 15) is 15.2 Å². The van der Waals surface area contributed by atoms with Crippen molar-refractivity contribution in [1.29, 1.82) is 0 Å². The first-order valence-electron chi connectivity index (χ1n) is 6.26. The lowest BCUT2D eigenvalue weighted by Crippen LogP contribution is -2.33. The number of anilines is 2. The maximum Gasteiger partial charge on any atom is 0.316 e. The minimum absolute atomic E-state index is 0.105. The van der Waals surface area contributed by atoms with Gasteiger partial charge in [0, 0.05) is 6.54 Å². The summed E-state index contributed by atoms with van der Waals surface area (Å²) in [5.74, 6) is 5.27. The molecular formula is C12H18N4O3. The number of para-hydroxylation sites is 1. The molecule has 0 atom stereocenters. The molecule has 0 spiro atoms. The largest absolute Gasteiger partial charge is 0.388 e. The average Bonchev–Trinajstić information content (AvgIpc) is 2.83. The average molecular weight is 266 g/mol. The number of rotatable bonds is 5. The number of nitrogen functional groups attached to an aromatic ring is 1. The summed E-state index contributed by atoms with van der Waals surface area (Å²) in [5, 5.41) is 24.3. The van der Waals surface area contributed by atoms with Crippen LogP contribution in [0.4, 0.5) is 17.1 Å². The molecule has 0 unspecified atom stereocenters. The minimum Gasteiger partial charge on any atom is -0.388 e. The van der Waals surface area contributed by atoms with Crippen LogP contribution >= 0.6 is 0 Å². The smallest absolute Gasteiger partial charge is 0.316 e. The summed E-state index contributed by atoms with van der Waals surface area (Å²) in [7, 11) is 0. The maximum atomic E-state index is 11.1. The van der Waals surface area contributed by atoms with Gasteiger partial charge in [-0.2, -0.15) is 0 Å². The van der Waals surface area contributed by atoms with Crippen molar-refractivity contribution in [2.24, 2.45) is 5.84 Å². The van der Waals surface area contributed by atoms with E-state index >= 15 is 0 Å². The van der Waals surface area contributed by atoms with Crippen molar-refractivity contribution in [3.63, 3.8) is 0 Å². The number of nitrogens with two attached hydrogens (primary N) is 1. The molecule has 1 aromatic carbocycles. The fraction of sp³-hybridized carbons (Fsp3) is 0.500. The van der Waals surface area contributed by atoms with E-state index < -0.39 is 10.5 Å². The fourth-order valence-electron chi connectivity index (χ4n) is 2.47. The Morgan fingerprint density at radius 2 is 2.00 bits per heavy atom. The van der Waals surface area contributed by atoms with Crippen molar-refractivity contribution < 1.29 is 10.0 Å². The third-order valence-electron chi connectivity index (χ3n) is 3.52. The highest BCUT2D eigenvalue weighted by atomic mass is 16.6. The SMILES string of the molecule is NNc1cccc(NCC2(O)CCCC2)c1[N+](=O)[O-]. The van der Waals surface area contributed by atoms with Crippen LogP contribution in [0.15, 0.2) is 18.2 Å². The molecule has 0 aromatic heterocycles. The maximum absolute atomic E-state index is 11.1. The van der Waals surface area contributed by atoms with E-state index in [-0.39, 0.29) is 11.4 Å². The number of hydrogen-bond acceptors (Lipinski definition) is 6. The monoisotopic (exact) mass is 266 g/mol. The number of nitro benzene ring substituents is 1. The summed E-state index contributed by atoms with van der Waals surface area (Å²) < 4.78 is 0. The van der Waals surface area contributed by atoms with Crippen molar-refractivity contribution >= 4 is 17.1 Å². The number of aliphatic hydroxyl groups is 1. The Morgan fingerprint density at radius 1 is 1.37 bits per heavy atom. The molecule has 5 N–H and O–H groups in total. The molecule has 0 saturated heterocycles. The summed E-state index contributed by atoms with van der Waals surface area (Å²) in [6.07, 6.45) is 3.43. The van der Waals surface area contributed by atoms with Crippen molar-refractivity contribution in [3.8, 4) is 0 Å². The topological polar surface area (TPSA) is 113 Å². The number of nitro groups is 1. The van der Waals surface area contributed by atoms with Crippen LogP contribution in [-0.2, 0) is 0 Å². The highest BCUT2D eigenvalue weighted by molar-refractivity contribution is 5.75. The first-order valence-corrected chi connectivity index (χ1v) is 6.26. The Kier molecular flexibility index (Phi) is 3.87. The second-order valence-corrected chi connectivity index (χ2v) is 4.89. The fourth-order valence-corrected chi connectivity index (χ4v) is 2.47. The quantitative estimate of drug-likeness (QED) is 0.365. The van der Waals surface area contributed by atoms with E-state index in [1.165, 1.54) is 6.07 Å². The zero-order chi connectivity index (χ0) is 13.9. The van der Waals surface area contributed by atoms with Gasteiger partial charge in [-0.05, 0) is 25.0 Å². The van der Waals surface area contributed by atoms with Gasteiger partial charge in [-0.1, -0.05) is 18.9 Å². The first-order chi connectivity index (χ1) is 9.06. The zero-order valence-electron chi connectivity index (χ0n) is 10.6. The van der Waals surface area contributed by atoms with Crippen molar-refractivity contribution in [2.45, 2.75) is 31.3 Å². The molecule has 2 rings (SSSR count). The molecule has 0 aliphatic heterocycles. The number of hydrazine groups is 1. The molecule has 1 aliphatic carbocycles. The lowest BCUT2D eigenvalue weighted by molar-refractivity contribution is -0.383. The van der Waals surface area contributed by atoms with Gasteiger partial charge in [0.05, 0.1) is 10.5 Å². The van der Waals surface area contributed by atoms with Crippen LogP contribution in [0, 0.1) is 10.1 Å². The van der Waals surface area contributed by atoms with Crippen LogP contribution in [0.5, 0.6) is 0 Å². The molecule has 104 valence electrons. The normalized spacial score (nSPS) is 17.2. The predicted octanol–water partition coefficient (Wildman–Crippen LogP) is 1.60. The van der Waals surface area contributed by atoms with E-state index in [0.29, 0.717) is 12.2 Å². The molecule has 19 heavy (non-hydrogen) atoms. The van der Waals surface area contributed by atoms with Crippen molar-refractivity contribution in [3.05, 3.63) is 28.3 Å². The predicted molar refractivity (Wildman–Crippen MR) is 72.8 cm³/mol. The molecule has 1 aliphatic rings. The van der Waals surface area contributed by atoms with Gasteiger partial charge in [0.2, 0.25) is 0 Å². The minimum atomic E-state index is -0.764. The Hall–Kier alpha value is -1.86. The Balaban J connectivity index is 2.17. The van der Waals surface area contributed by atoms with Crippen LogP contribution < -0.4 is 16.6 Å². The molecule has 0 amide bonds. The number of benzene rings is 1. The summed E-state index contributed by atoms with van der Waals surface area (Å²) in [6.45, 7) is 0.307. The van der Waals surface area contributed by atoms with Gasteiger partial charge >= 0.3 is 5.69 Å². The molecule has 1 fully saturated rings. The van der Waals surface area contributed by atoms with Gasteiger partial charge in [-0.15, -0.1) is 0 Å². The van der Waals surface area contributed by atoms with Crippen LogP contribution in [-0.4, -0.2) is 22.2 Å². The molecule has 1 saturated carbocycles. The Bertz CT molecular complexity index is 472. The molecule has 0 heterocycles. The standard InChI is InChI=1S/C12H18N4O3/c13-15-10-5-3-4-9(11(10)16(18)19)14-8-12(17)6-1-2-7-12/h3-5,14-15,17H,1-2,6-8,13H2. The summed E-state index contributed by atoms with van der Waals surface area (Å²) in [4.78, 5) is 10.6. The molecular weight excluding hydrogens is 248 g/mol. The van der Waals surface area contributed by atoms with E-state index in [1.807, 2.05) is 0 Å². The lowest BCUT2D eigenvalue weighted by Gasteiger charge is -2.23. The van der Waals surface area contributed by atoms with Gasteiger partial charge in [0.25, 0.3) is 0 Å². The Labute approximate surface area is 110 Å². The Morgan fingerprint density at radius 3 is 2.58 bits per heavy atom. The van der Waals surface area contributed by atoms with Crippen LogP contribution in [0.3, 0.4) is 0 Å². The summed E-state index contributed by atoms with van der Waals surface area (Å²) in [6, 6.07) is 4.81. The lowest BCUT2D eigenvalue weighted by atomic mass is 10.0. The number of hydrogen-bond donors (Lipinski definition) is 4. The van der Waals surface area contributed by atoms with Gasteiger partial charge in [0.15, 0.2) is 0 Å². The van der Waals surface area contributed by atoms with Gasteiger partial charge < -0.3 is 15.8 Å². The molecule has 1 aromatic rings. The second-order valence-electron chi connectivity index (χ2n) is 4.89. The van der Waals surface area contributed by atoms with Gasteiger partial charge in [-0.3, -0.25) is 16.0 Å². The van der Waals surface area contributed by atoms with Crippen LogP contribution in [0.25, 0.3) is 0 Å². The first kappa shape index (κ1) is 13.6. The second kappa shape index (κ2) is 5.41. The van der Waals surface area contributed by atoms with Crippen molar-refractivity contribution in [2.75, 3.05) is 17.3 Å². The van der Waals surface area contributed by atoms with Crippen molar-refractivity contribution in [1.82, 2.24) is 0 Å². The van der Waals surface area contributed by atoms with E-state index in [2.05, 4.69) is 10.7 Å². The van der Waals surface area contributed by atoms with Gasteiger partial charge in [0.1, 0.15) is 11.4 Å².